The largest absolute Gasteiger partial charge is 0.458 e. The van der Waals surface area contributed by atoms with E-state index in [0.717, 1.165) is 0 Å². The molecule has 0 aromatic heterocycles. The van der Waals surface area contributed by atoms with Crippen LogP contribution in [-0.4, -0.2) is 73.8 Å². The number of nitrogens with two attached hydrogens (primary N) is 1. The number of nitrogens with one attached hydrogen (secondary N) is 2. The maximum absolute atomic E-state index is 12.1. The predicted octanol–water partition coefficient (Wildman–Crippen LogP) is 0.794. The summed E-state index contributed by atoms with van der Waals surface area (Å²) in [7, 11) is 1.50. The average molecular weight is 451 g/mol. The molecule has 180 valence electrons. The quantitative estimate of drug-likeness (QED) is 0.413. The summed E-state index contributed by atoms with van der Waals surface area (Å²) in [5.74, 6) is -1.19. The van der Waals surface area contributed by atoms with Gasteiger partial charge in [0.05, 0.1) is 13.1 Å². The lowest BCUT2D eigenvalue weighted by Crippen LogP contribution is -2.53. The van der Waals surface area contributed by atoms with E-state index in [2.05, 4.69) is 35.4 Å². The van der Waals surface area contributed by atoms with Gasteiger partial charge in [-0.1, -0.05) is 35.9 Å². The molecule has 1 aliphatic heterocycles. The smallest absolute Gasteiger partial charge is 0.329 e. The summed E-state index contributed by atoms with van der Waals surface area (Å²) in [4.78, 5) is 47.8. The summed E-state index contributed by atoms with van der Waals surface area (Å²) in [6.45, 7) is 8.42. The Labute approximate surface area is 191 Å². The second-order valence-electron chi connectivity index (χ2n) is 8.04. The second kappa shape index (κ2) is 15.9. The first-order valence-electron chi connectivity index (χ1n) is 10.7. The number of aryl methyl sites for hydroxylation is 1. The van der Waals surface area contributed by atoms with Crippen LogP contribution in [0.15, 0.2) is 30.3 Å². The number of hydrogen-bond acceptors (Lipinski definition) is 7. The molecule has 1 heterocycles. The fourth-order valence-corrected chi connectivity index (χ4v) is 2.62. The van der Waals surface area contributed by atoms with Gasteiger partial charge in [-0.05, 0) is 41.2 Å². The number of carbonyl (C=O) groups excluding carboxylic acids is 4. The Hall–Kier alpha value is -2.78. The molecule has 32 heavy (non-hydrogen) atoms. The molecule has 1 aromatic carbocycles. The summed E-state index contributed by atoms with van der Waals surface area (Å²) >= 11 is 0. The van der Waals surface area contributed by atoms with Crippen LogP contribution >= 0.6 is 0 Å². The molecular weight excluding hydrogens is 412 g/mol. The molecule has 1 unspecified atom stereocenters. The normalized spacial score (nSPS) is 14.1. The zero-order chi connectivity index (χ0) is 24.6. The van der Waals surface area contributed by atoms with Gasteiger partial charge >= 0.3 is 5.97 Å². The molecule has 1 aromatic rings. The number of benzene rings is 1. The van der Waals surface area contributed by atoms with Crippen molar-refractivity contribution in [1.82, 2.24) is 15.5 Å². The monoisotopic (exact) mass is 450 g/mol. The average Bonchev–Trinajstić information content (AvgIpc) is 2.74. The Morgan fingerprint density at radius 2 is 1.88 bits per heavy atom. The third kappa shape index (κ3) is 13.5. The number of amides is 2. The first kappa shape index (κ1) is 29.2. The molecule has 0 aliphatic carbocycles. The maximum Gasteiger partial charge on any atom is 0.329 e. The zero-order valence-electron chi connectivity index (χ0n) is 19.8. The van der Waals surface area contributed by atoms with E-state index in [0.29, 0.717) is 19.4 Å². The number of carbonyl (C=O) groups is 4. The van der Waals surface area contributed by atoms with Crippen molar-refractivity contribution < 1.29 is 23.9 Å². The van der Waals surface area contributed by atoms with Gasteiger partial charge in [-0.3, -0.25) is 9.59 Å². The minimum absolute atomic E-state index is 0.110. The third-order valence-corrected chi connectivity index (χ3v) is 4.06. The molecule has 9 nitrogen and oxygen atoms in total. The summed E-state index contributed by atoms with van der Waals surface area (Å²) < 4.78 is 5.25. The van der Waals surface area contributed by atoms with Gasteiger partial charge in [-0.2, -0.15) is 0 Å². The highest BCUT2D eigenvalue weighted by Gasteiger charge is 2.28. The molecular formula is C23H38N4O5. The van der Waals surface area contributed by atoms with Crippen molar-refractivity contribution in [2.45, 2.75) is 52.2 Å². The number of aldehydes is 1. The van der Waals surface area contributed by atoms with Crippen molar-refractivity contribution in [2.75, 3.05) is 33.2 Å². The Bertz CT molecular complexity index is 704. The lowest BCUT2D eigenvalue weighted by Gasteiger charge is -2.28. The summed E-state index contributed by atoms with van der Waals surface area (Å²) in [6.07, 6.45) is 0.986. The topological polar surface area (TPSA) is 131 Å². The van der Waals surface area contributed by atoms with Crippen LogP contribution in [0.3, 0.4) is 0 Å². The van der Waals surface area contributed by atoms with E-state index in [1.54, 1.807) is 20.8 Å². The minimum atomic E-state index is -0.898. The van der Waals surface area contributed by atoms with Crippen LogP contribution in [0.1, 0.15) is 39.2 Å². The molecule has 0 radical (unpaired) electrons. The van der Waals surface area contributed by atoms with Crippen molar-refractivity contribution in [3.63, 3.8) is 0 Å². The number of piperazine rings is 1. The number of rotatable bonds is 7. The van der Waals surface area contributed by atoms with Gasteiger partial charge in [0, 0.05) is 19.5 Å². The van der Waals surface area contributed by atoms with Crippen LogP contribution in [0.2, 0.25) is 0 Å². The molecule has 2 amide bonds. The zero-order valence-corrected chi connectivity index (χ0v) is 19.8. The molecule has 4 N–H and O–H groups in total. The fourth-order valence-electron chi connectivity index (χ4n) is 2.62. The molecule has 9 heteroatoms. The highest BCUT2D eigenvalue weighted by atomic mass is 16.6. The molecule has 0 spiro atoms. The van der Waals surface area contributed by atoms with E-state index in [1.165, 1.54) is 17.5 Å². The van der Waals surface area contributed by atoms with Crippen LogP contribution in [0.5, 0.6) is 0 Å². The molecule has 1 fully saturated rings. The molecule has 0 bridgehead atoms. The van der Waals surface area contributed by atoms with E-state index < -0.39 is 23.5 Å². The Balaban J connectivity index is 0.000000889. The highest BCUT2D eigenvalue weighted by molar-refractivity contribution is 5.89. The molecule has 2 rings (SSSR count). The summed E-state index contributed by atoms with van der Waals surface area (Å²) in [5.41, 5.74) is 5.14. The van der Waals surface area contributed by atoms with Gasteiger partial charge in [0.2, 0.25) is 11.8 Å². The van der Waals surface area contributed by atoms with Crippen molar-refractivity contribution in [1.29, 1.82) is 0 Å². The van der Waals surface area contributed by atoms with Crippen LogP contribution in [-0.2, 0) is 23.9 Å². The molecule has 1 aliphatic rings. The fraction of sp³-hybridized carbons (Fsp3) is 0.565. The summed E-state index contributed by atoms with van der Waals surface area (Å²) in [6, 6.07) is 9.36. The van der Waals surface area contributed by atoms with Crippen molar-refractivity contribution >= 4 is 24.1 Å². The number of ether oxygens (including phenoxy) is 1. The summed E-state index contributed by atoms with van der Waals surface area (Å²) in [5, 5.41) is 5.47. The highest BCUT2D eigenvalue weighted by Crippen LogP contribution is 2.10. The SMILES string of the molecule is CC(C)(C)OC(=O)C(CCC=O)NC(=O)CN1CCNCC1=O.CN.Cc1ccccc1. The number of nitrogens with zero attached hydrogens (tertiary/aromatic N) is 1. The van der Waals surface area contributed by atoms with Gasteiger partial charge in [0.25, 0.3) is 0 Å². The van der Waals surface area contributed by atoms with Gasteiger partial charge in [0.1, 0.15) is 17.9 Å². The number of esters is 1. The van der Waals surface area contributed by atoms with E-state index in [9.17, 15) is 19.2 Å². The van der Waals surface area contributed by atoms with E-state index in [1.807, 2.05) is 18.2 Å². The Kier molecular flexibility index (Phi) is 14.6. The second-order valence-corrected chi connectivity index (χ2v) is 8.04. The van der Waals surface area contributed by atoms with Crippen LogP contribution in [0.25, 0.3) is 0 Å². The van der Waals surface area contributed by atoms with Gasteiger partial charge in [-0.15, -0.1) is 0 Å². The first-order valence-corrected chi connectivity index (χ1v) is 10.7. The predicted molar refractivity (Wildman–Crippen MR) is 124 cm³/mol. The lowest BCUT2D eigenvalue weighted by atomic mass is 10.1. The molecule has 0 saturated carbocycles. The Morgan fingerprint density at radius 1 is 1.25 bits per heavy atom. The van der Waals surface area contributed by atoms with Crippen LogP contribution in [0.4, 0.5) is 0 Å². The van der Waals surface area contributed by atoms with Crippen LogP contribution in [0, 0.1) is 6.92 Å². The van der Waals surface area contributed by atoms with E-state index in [4.69, 9.17) is 4.74 Å². The van der Waals surface area contributed by atoms with E-state index in [-0.39, 0.29) is 31.8 Å². The molecule has 1 saturated heterocycles. The van der Waals surface area contributed by atoms with Gasteiger partial charge in [0.15, 0.2) is 0 Å². The Morgan fingerprint density at radius 3 is 2.34 bits per heavy atom. The first-order chi connectivity index (χ1) is 15.1. The van der Waals surface area contributed by atoms with Gasteiger partial charge < -0.3 is 30.8 Å². The standard InChI is InChI=1S/C15H25N3O5.C7H8.CH5N/c1-15(2,3)23-14(22)11(5-4-8-19)17-12(20)10-18-7-6-16-9-13(18)21;1-7-5-3-2-4-6-7;1-2/h8,11,16H,4-7,9-10H2,1-3H3,(H,17,20);2-6H,1H3;2H2,1H3. The minimum Gasteiger partial charge on any atom is -0.458 e. The lowest BCUT2D eigenvalue weighted by molar-refractivity contribution is -0.159. The van der Waals surface area contributed by atoms with Crippen molar-refractivity contribution in [3.8, 4) is 0 Å². The van der Waals surface area contributed by atoms with Crippen LogP contribution < -0.4 is 16.4 Å². The van der Waals surface area contributed by atoms with E-state index >= 15 is 0 Å². The maximum atomic E-state index is 12.1. The molecule has 1 atom stereocenters. The number of hydrogen-bond donors (Lipinski definition) is 3. The van der Waals surface area contributed by atoms with Crippen molar-refractivity contribution in [3.05, 3.63) is 35.9 Å². The van der Waals surface area contributed by atoms with Gasteiger partial charge in [-0.25, -0.2) is 4.79 Å². The van der Waals surface area contributed by atoms with Crippen molar-refractivity contribution in [2.24, 2.45) is 5.73 Å². The third-order valence-electron chi connectivity index (χ3n) is 4.06.